The van der Waals surface area contributed by atoms with Gasteiger partial charge in [0.05, 0.1) is 5.69 Å². The second kappa shape index (κ2) is 8.79. The smallest absolute Gasteiger partial charge is 0.251 e. The molecule has 0 amide bonds. The van der Waals surface area contributed by atoms with Crippen LogP contribution in [0.3, 0.4) is 0 Å². The molecule has 1 aromatic carbocycles. The van der Waals surface area contributed by atoms with Crippen molar-refractivity contribution in [2.45, 2.75) is 19.8 Å². The van der Waals surface area contributed by atoms with Crippen molar-refractivity contribution >= 4 is 17.2 Å². The van der Waals surface area contributed by atoms with Gasteiger partial charge in [0.2, 0.25) is 0 Å². The van der Waals surface area contributed by atoms with E-state index in [1.807, 2.05) is 37.3 Å². The fourth-order valence-corrected chi connectivity index (χ4v) is 3.78. The number of hydrogen-bond donors (Lipinski definition) is 2. The number of benzene rings is 1. The summed E-state index contributed by atoms with van der Waals surface area (Å²) in [5.41, 5.74) is 3.62. The second-order valence-electron chi connectivity index (χ2n) is 6.56. The van der Waals surface area contributed by atoms with E-state index in [1.54, 1.807) is 17.5 Å². The van der Waals surface area contributed by atoms with Gasteiger partial charge in [-0.3, -0.25) is 4.79 Å². The minimum atomic E-state index is -0.146. The molecule has 7 heteroatoms. The van der Waals surface area contributed by atoms with Gasteiger partial charge in [0, 0.05) is 47.4 Å². The summed E-state index contributed by atoms with van der Waals surface area (Å²) in [4.78, 5) is 28.1. The van der Waals surface area contributed by atoms with Crippen LogP contribution in [0.4, 0.5) is 5.82 Å². The zero-order valence-corrected chi connectivity index (χ0v) is 16.9. The maximum Gasteiger partial charge on any atom is 0.251 e. The molecular formula is C22H21N5OS. The molecule has 146 valence electrons. The molecule has 4 aromatic rings. The van der Waals surface area contributed by atoms with Crippen molar-refractivity contribution in [2.24, 2.45) is 0 Å². The van der Waals surface area contributed by atoms with Gasteiger partial charge in [-0.25, -0.2) is 15.0 Å². The predicted molar refractivity (Wildman–Crippen MR) is 117 cm³/mol. The molecule has 29 heavy (non-hydrogen) atoms. The normalized spacial score (nSPS) is 10.8. The number of pyridine rings is 1. The third kappa shape index (κ3) is 4.75. The second-order valence-corrected chi connectivity index (χ2v) is 7.42. The number of aromatic nitrogens is 4. The Morgan fingerprint density at radius 1 is 1.03 bits per heavy atom. The molecule has 0 unspecified atom stereocenters. The molecule has 2 N–H and O–H groups in total. The largest absolute Gasteiger partial charge is 0.370 e. The van der Waals surface area contributed by atoms with E-state index < -0.39 is 0 Å². The Bertz CT molecular complexity index is 1140. The van der Waals surface area contributed by atoms with E-state index in [0.717, 1.165) is 46.3 Å². The van der Waals surface area contributed by atoms with Crippen molar-refractivity contribution in [1.82, 2.24) is 19.9 Å². The number of aryl methyl sites for hydroxylation is 1. The average molecular weight is 404 g/mol. The topological polar surface area (TPSA) is 83.6 Å². The molecule has 0 radical (unpaired) electrons. The van der Waals surface area contributed by atoms with E-state index in [-0.39, 0.29) is 5.56 Å². The fraction of sp³-hybridized carbons (Fsp3) is 0.182. The number of hydrogen-bond acceptors (Lipinski definition) is 6. The number of nitrogens with one attached hydrogen (secondary N) is 2. The lowest BCUT2D eigenvalue weighted by Crippen LogP contribution is -2.10. The van der Waals surface area contributed by atoms with Gasteiger partial charge in [-0.15, -0.1) is 11.3 Å². The van der Waals surface area contributed by atoms with Gasteiger partial charge in [-0.05, 0) is 18.6 Å². The lowest BCUT2D eigenvalue weighted by Gasteiger charge is -2.06. The minimum Gasteiger partial charge on any atom is -0.370 e. The zero-order chi connectivity index (χ0) is 20.1. The number of thiazole rings is 1. The molecule has 0 saturated carbocycles. The number of rotatable bonds is 7. The molecule has 0 bridgehead atoms. The van der Waals surface area contributed by atoms with Gasteiger partial charge >= 0.3 is 0 Å². The van der Waals surface area contributed by atoms with Gasteiger partial charge < -0.3 is 10.3 Å². The first-order chi connectivity index (χ1) is 14.2. The van der Waals surface area contributed by atoms with Gasteiger partial charge in [0.1, 0.15) is 16.6 Å². The van der Waals surface area contributed by atoms with Crippen LogP contribution in [-0.4, -0.2) is 26.5 Å². The number of anilines is 1. The quantitative estimate of drug-likeness (QED) is 0.484. The Morgan fingerprint density at radius 3 is 2.66 bits per heavy atom. The zero-order valence-electron chi connectivity index (χ0n) is 16.1. The molecule has 4 rings (SSSR count). The Morgan fingerprint density at radius 2 is 1.90 bits per heavy atom. The van der Waals surface area contributed by atoms with Crippen LogP contribution < -0.4 is 10.9 Å². The molecule has 6 nitrogen and oxygen atoms in total. The third-order valence-corrected chi connectivity index (χ3v) is 5.39. The van der Waals surface area contributed by atoms with E-state index in [0.29, 0.717) is 12.2 Å². The van der Waals surface area contributed by atoms with Crippen LogP contribution in [0.1, 0.15) is 18.3 Å². The van der Waals surface area contributed by atoms with Crippen molar-refractivity contribution < 1.29 is 0 Å². The Labute approximate surface area is 172 Å². The van der Waals surface area contributed by atoms with E-state index in [2.05, 4.69) is 37.8 Å². The predicted octanol–water partition coefficient (Wildman–Crippen LogP) is 4.17. The first kappa shape index (κ1) is 19.0. The number of nitrogens with zero attached hydrogens (tertiary/aromatic N) is 3. The highest BCUT2D eigenvalue weighted by molar-refractivity contribution is 7.13. The van der Waals surface area contributed by atoms with Crippen molar-refractivity contribution in [2.75, 3.05) is 11.9 Å². The highest BCUT2D eigenvalue weighted by Crippen LogP contribution is 2.23. The summed E-state index contributed by atoms with van der Waals surface area (Å²) >= 11 is 1.66. The molecular weight excluding hydrogens is 382 g/mol. The molecule has 0 saturated heterocycles. The summed E-state index contributed by atoms with van der Waals surface area (Å²) in [7, 11) is 0. The van der Waals surface area contributed by atoms with Crippen LogP contribution in [-0.2, 0) is 12.8 Å². The molecule has 0 aliphatic heterocycles. The standard InChI is InChI=1S/C22H21N5OS/c1-2-17-12-20(28)27-21(25-17)16-8-9-19(24-13-16)23-11-10-18-14-29-22(26-18)15-6-4-3-5-7-15/h3-9,12-14H,2,10-11H2,1H3,(H,23,24)(H,25,27,28). The fourth-order valence-electron chi connectivity index (χ4n) is 2.92. The maximum absolute atomic E-state index is 11.7. The molecule has 3 aromatic heterocycles. The monoisotopic (exact) mass is 403 g/mol. The SMILES string of the molecule is CCc1cc(=O)[nH]c(-c2ccc(NCCc3csc(-c4ccccc4)n3)nc2)n1. The summed E-state index contributed by atoms with van der Waals surface area (Å²) in [6, 6.07) is 15.5. The Kier molecular flexibility index (Phi) is 5.76. The minimum absolute atomic E-state index is 0.146. The van der Waals surface area contributed by atoms with E-state index in [1.165, 1.54) is 6.07 Å². The van der Waals surface area contributed by atoms with E-state index >= 15 is 0 Å². The Balaban J connectivity index is 1.36. The lowest BCUT2D eigenvalue weighted by molar-refractivity contribution is 0.967. The average Bonchev–Trinajstić information content (AvgIpc) is 3.23. The summed E-state index contributed by atoms with van der Waals surface area (Å²) in [6.07, 6.45) is 3.25. The van der Waals surface area contributed by atoms with Gasteiger partial charge in [0.25, 0.3) is 5.56 Å². The number of aromatic amines is 1. The van der Waals surface area contributed by atoms with Crippen LogP contribution in [0.15, 0.2) is 64.9 Å². The third-order valence-electron chi connectivity index (χ3n) is 4.45. The van der Waals surface area contributed by atoms with E-state index in [4.69, 9.17) is 4.98 Å². The summed E-state index contributed by atoms with van der Waals surface area (Å²) in [5, 5.41) is 6.46. The van der Waals surface area contributed by atoms with Gasteiger partial charge in [-0.1, -0.05) is 37.3 Å². The summed E-state index contributed by atoms with van der Waals surface area (Å²) in [5.74, 6) is 1.32. The maximum atomic E-state index is 11.7. The lowest BCUT2D eigenvalue weighted by atomic mass is 10.2. The molecule has 0 aliphatic rings. The van der Waals surface area contributed by atoms with Crippen LogP contribution in [0, 0.1) is 0 Å². The van der Waals surface area contributed by atoms with Crippen molar-refractivity contribution in [3.8, 4) is 22.0 Å². The summed E-state index contributed by atoms with van der Waals surface area (Å²) in [6.45, 7) is 2.71. The van der Waals surface area contributed by atoms with Crippen molar-refractivity contribution in [3.05, 3.63) is 81.8 Å². The number of H-pyrrole nitrogens is 1. The van der Waals surface area contributed by atoms with Crippen LogP contribution >= 0.6 is 11.3 Å². The molecule has 0 spiro atoms. The van der Waals surface area contributed by atoms with Crippen molar-refractivity contribution in [1.29, 1.82) is 0 Å². The molecule has 0 atom stereocenters. The van der Waals surface area contributed by atoms with Crippen LogP contribution in [0.5, 0.6) is 0 Å². The van der Waals surface area contributed by atoms with Crippen molar-refractivity contribution in [3.63, 3.8) is 0 Å². The molecule has 3 heterocycles. The van der Waals surface area contributed by atoms with Crippen LogP contribution in [0.2, 0.25) is 0 Å². The van der Waals surface area contributed by atoms with E-state index in [9.17, 15) is 4.79 Å². The highest BCUT2D eigenvalue weighted by Gasteiger charge is 2.06. The van der Waals surface area contributed by atoms with Gasteiger partial charge in [-0.2, -0.15) is 0 Å². The summed E-state index contributed by atoms with van der Waals surface area (Å²) < 4.78 is 0. The van der Waals surface area contributed by atoms with Crippen LogP contribution in [0.25, 0.3) is 22.0 Å². The van der Waals surface area contributed by atoms with Gasteiger partial charge in [0.15, 0.2) is 0 Å². The molecule has 0 aliphatic carbocycles. The Hall–Kier alpha value is -3.32. The molecule has 0 fully saturated rings. The first-order valence-electron chi connectivity index (χ1n) is 9.51. The first-order valence-corrected chi connectivity index (χ1v) is 10.4. The highest BCUT2D eigenvalue weighted by atomic mass is 32.1.